The Morgan fingerprint density at radius 2 is 1.77 bits per heavy atom. The lowest BCUT2D eigenvalue weighted by molar-refractivity contribution is -0.135. The first-order valence-electron chi connectivity index (χ1n) is 10.4. The molecule has 1 heterocycles. The molecule has 26 heavy (non-hydrogen) atoms. The Labute approximate surface area is 158 Å². The third kappa shape index (κ3) is 6.45. The van der Waals surface area contributed by atoms with Gasteiger partial charge in [-0.3, -0.25) is 9.69 Å². The van der Waals surface area contributed by atoms with Gasteiger partial charge >= 0.3 is 6.09 Å². The van der Waals surface area contributed by atoms with E-state index in [0.29, 0.717) is 38.2 Å². The van der Waals surface area contributed by atoms with Gasteiger partial charge in [-0.05, 0) is 32.1 Å². The molecule has 1 saturated heterocycles. The number of rotatable bonds is 6. The Balaban J connectivity index is 1.80. The highest BCUT2D eigenvalue weighted by atomic mass is 16.6. The predicted octanol–water partition coefficient (Wildman–Crippen LogP) is 2.97. The molecule has 6 nitrogen and oxygen atoms in total. The smallest absolute Gasteiger partial charge is 0.409 e. The molecule has 0 aromatic rings. The molecular formula is C20H37N3O3. The molecule has 0 aromatic carbocycles. The Kier molecular flexibility index (Phi) is 8.69. The lowest BCUT2D eigenvalue weighted by Gasteiger charge is -2.35. The predicted molar refractivity (Wildman–Crippen MR) is 103 cm³/mol. The lowest BCUT2D eigenvalue weighted by Crippen LogP contribution is -2.47. The van der Waals surface area contributed by atoms with Gasteiger partial charge in [0.15, 0.2) is 0 Å². The summed E-state index contributed by atoms with van der Waals surface area (Å²) >= 11 is 0. The number of ether oxygens (including phenoxy) is 1. The van der Waals surface area contributed by atoms with Crippen molar-refractivity contribution in [2.45, 2.75) is 65.3 Å². The molecule has 2 fully saturated rings. The van der Waals surface area contributed by atoms with E-state index in [2.05, 4.69) is 16.7 Å². The van der Waals surface area contributed by atoms with Gasteiger partial charge < -0.3 is 14.5 Å². The first-order chi connectivity index (χ1) is 12.5. The van der Waals surface area contributed by atoms with Crippen LogP contribution < -0.4 is 0 Å². The molecule has 0 N–H and O–H groups in total. The standard InChI is InChI=1S/C20H37N3O3/c1-4-23(18-9-6-5-7-10-18)19(24)15-21-11-8-12-22(14-13-21)20(25)26-16-17(2)3/h17-18H,4-16H2,1-3H3. The molecular weight excluding hydrogens is 330 g/mol. The van der Waals surface area contributed by atoms with Gasteiger partial charge in [0.25, 0.3) is 0 Å². The van der Waals surface area contributed by atoms with E-state index in [-0.39, 0.29) is 12.0 Å². The average molecular weight is 368 g/mol. The molecule has 150 valence electrons. The van der Waals surface area contributed by atoms with Crippen LogP contribution in [0, 0.1) is 5.92 Å². The van der Waals surface area contributed by atoms with Crippen LogP contribution in [0.15, 0.2) is 0 Å². The number of hydrogen-bond donors (Lipinski definition) is 0. The minimum absolute atomic E-state index is 0.218. The molecule has 0 atom stereocenters. The highest BCUT2D eigenvalue weighted by Crippen LogP contribution is 2.22. The zero-order valence-electron chi connectivity index (χ0n) is 16.9. The zero-order chi connectivity index (χ0) is 18.9. The van der Waals surface area contributed by atoms with E-state index < -0.39 is 0 Å². The Morgan fingerprint density at radius 3 is 2.42 bits per heavy atom. The average Bonchev–Trinajstić information content (AvgIpc) is 2.87. The lowest BCUT2D eigenvalue weighted by atomic mass is 9.94. The maximum atomic E-state index is 12.8. The van der Waals surface area contributed by atoms with Crippen LogP contribution in [0.1, 0.15) is 59.3 Å². The van der Waals surface area contributed by atoms with Gasteiger partial charge in [-0.2, -0.15) is 0 Å². The molecule has 0 radical (unpaired) electrons. The van der Waals surface area contributed by atoms with Crippen LogP contribution in [0.4, 0.5) is 4.79 Å². The van der Waals surface area contributed by atoms with E-state index in [1.807, 2.05) is 13.8 Å². The molecule has 0 unspecified atom stereocenters. The molecule has 2 aliphatic rings. The van der Waals surface area contributed by atoms with E-state index in [0.717, 1.165) is 38.9 Å². The summed E-state index contributed by atoms with van der Waals surface area (Å²) in [5, 5.41) is 0. The number of carbonyl (C=O) groups is 2. The second kappa shape index (κ2) is 10.8. The van der Waals surface area contributed by atoms with Crippen LogP contribution >= 0.6 is 0 Å². The van der Waals surface area contributed by atoms with Crippen LogP contribution in [0.2, 0.25) is 0 Å². The summed E-state index contributed by atoms with van der Waals surface area (Å²) in [7, 11) is 0. The van der Waals surface area contributed by atoms with Crippen LogP contribution in [-0.4, -0.2) is 78.6 Å². The largest absolute Gasteiger partial charge is 0.449 e. The number of likely N-dealkylation sites (N-methyl/N-ethyl adjacent to an activating group) is 1. The summed E-state index contributed by atoms with van der Waals surface area (Å²) in [5.41, 5.74) is 0. The van der Waals surface area contributed by atoms with Gasteiger partial charge in [-0.15, -0.1) is 0 Å². The van der Waals surface area contributed by atoms with Crippen molar-refractivity contribution in [1.29, 1.82) is 0 Å². The van der Waals surface area contributed by atoms with Gasteiger partial charge in [0.1, 0.15) is 0 Å². The summed E-state index contributed by atoms with van der Waals surface area (Å²) in [6, 6.07) is 0.427. The van der Waals surface area contributed by atoms with Crippen molar-refractivity contribution in [2.24, 2.45) is 5.92 Å². The third-order valence-corrected chi connectivity index (χ3v) is 5.42. The molecule has 0 aromatic heterocycles. The first-order valence-corrected chi connectivity index (χ1v) is 10.4. The number of nitrogens with zero attached hydrogens (tertiary/aromatic N) is 3. The number of hydrogen-bond acceptors (Lipinski definition) is 4. The minimum Gasteiger partial charge on any atom is -0.449 e. The fourth-order valence-electron chi connectivity index (χ4n) is 3.95. The van der Waals surface area contributed by atoms with Crippen LogP contribution in [-0.2, 0) is 9.53 Å². The van der Waals surface area contributed by atoms with E-state index in [4.69, 9.17) is 4.74 Å². The molecule has 2 amide bonds. The second-order valence-electron chi connectivity index (χ2n) is 8.06. The topological polar surface area (TPSA) is 53.1 Å². The van der Waals surface area contributed by atoms with Crippen molar-refractivity contribution in [2.75, 3.05) is 45.9 Å². The van der Waals surface area contributed by atoms with Gasteiger partial charge in [0, 0.05) is 38.8 Å². The highest BCUT2D eigenvalue weighted by Gasteiger charge is 2.27. The van der Waals surface area contributed by atoms with E-state index >= 15 is 0 Å². The third-order valence-electron chi connectivity index (χ3n) is 5.42. The van der Waals surface area contributed by atoms with Crippen LogP contribution in [0.5, 0.6) is 0 Å². The molecule has 1 aliphatic carbocycles. The summed E-state index contributed by atoms with van der Waals surface area (Å²) in [6.07, 6.45) is 6.75. The molecule has 6 heteroatoms. The summed E-state index contributed by atoms with van der Waals surface area (Å²) in [4.78, 5) is 31.0. The van der Waals surface area contributed by atoms with Crippen LogP contribution in [0.3, 0.4) is 0 Å². The summed E-state index contributed by atoms with van der Waals surface area (Å²) < 4.78 is 5.34. The molecule has 0 spiro atoms. The van der Waals surface area contributed by atoms with Crippen molar-refractivity contribution in [1.82, 2.24) is 14.7 Å². The number of carbonyl (C=O) groups excluding carboxylic acids is 2. The zero-order valence-corrected chi connectivity index (χ0v) is 16.9. The van der Waals surface area contributed by atoms with E-state index in [9.17, 15) is 9.59 Å². The first kappa shape index (κ1) is 21.0. The minimum atomic E-state index is -0.218. The van der Waals surface area contributed by atoms with Gasteiger partial charge in [-0.25, -0.2) is 4.79 Å². The summed E-state index contributed by atoms with van der Waals surface area (Å²) in [6.45, 7) is 10.8. The van der Waals surface area contributed by atoms with Crippen molar-refractivity contribution in [3.05, 3.63) is 0 Å². The normalized spacial score (nSPS) is 20.1. The van der Waals surface area contributed by atoms with Gasteiger partial charge in [0.05, 0.1) is 13.2 Å². The van der Waals surface area contributed by atoms with Crippen molar-refractivity contribution in [3.63, 3.8) is 0 Å². The fraction of sp³-hybridized carbons (Fsp3) is 0.900. The molecule has 1 saturated carbocycles. The van der Waals surface area contributed by atoms with Crippen molar-refractivity contribution >= 4 is 12.0 Å². The maximum Gasteiger partial charge on any atom is 0.409 e. The monoisotopic (exact) mass is 367 g/mol. The number of amides is 2. The summed E-state index contributed by atoms with van der Waals surface area (Å²) in [5.74, 6) is 0.593. The SMILES string of the molecule is CCN(C(=O)CN1CCCN(C(=O)OCC(C)C)CC1)C1CCCCC1. The van der Waals surface area contributed by atoms with Gasteiger partial charge in [0.2, 0.25) is 5.91 Å². The highest BCUT2D eigenvalue weighted by molar-refractivity contribution is 5.78. The molecule has 2 rings (SSSR count). The Hall–Kier alpha value is -1.30. The maximum absolute atomic E-state index is 12.8. The fourth-order valence-corrected chi connectivity index (χ4v) is 3.95. The van der Waals surface area contributed by atoms with Crippen LogP contribution in [0.25, 0.3) is 0 Å². The van der Waals surface area contributed by atoms with Gasteiger partial charge in [-0.1, -0.05) is 33.1 Å². The molecule has 1 aliphatic heterocycles. The van der Waals surface area contributed by atoms with E-state index in [1.165, 1.54) is 19.3 Å². The quantitative estimate of drug-likeness (QED) is 0.724. The van der Waals surface area contributed by atoms with Crippen molar-refractivity contribution in [3.8, 4) is 0 Å². The van der Waals surface area contributed by atoms with E-state index in [1.54, 1.807) is 4.90 Å². The molecule has 0 bridgehead atoms. The van der Waals surface area contributed by atoms with Crippen molar-refractivity contribution < 1.29 is 14.3 Å². The Morgan fingerprint density at radius 1 is 1.04 bits per heavy atom. The second-order valence-corrected chi connectivity index (χ2v) is 8.06. The Bertz CT molecular complexity index is 450.